The summed E-state index contributed by atoms with van der Waals surface area (Å²) < 4.78 is 28.9. The highest BCUT2D eigenvalue weighted by atomic mass is 16.6. The van der Waals surface area contributed by atoms with Crippen LogP contribution in [-0.4, -0.2) is 57.0 Å². The Bertz CT molecular complexity index is 930. The number of benzene rings is 1. The van der Waals surface area contributed by atoms with Gasteiger partial charge < -0.3 is 28.3 Å². The molecule has 0 spiro atoms. The normalized spacial score (nSPS) is 13.6. The molecule has 0 fully saturated rings. The number of carbonyl (C=O) groups is 2. The summed E-state index contributed by atoms with van der Waals surface area (Å²) in [7, 11) is 3.12. The van der Waals surface area contributed by atoms with Crippen LogP contribution in [-0.2, 0) is 9.47 Å². The molecule has 8 nitrogen and oxygen atoms in total. The van der Waals surface area contributed by atoms with Gasteiger partial charge in [0.05, 0.1) is 25.3 Å². The van der Waals surface area contributed by atoms with Crippen LogP contribution in [0.1, 0.15) is 45.1 Å². The summed E-state index contributed by atoms with van der Waals surface area (Å²) in [4.78, 5) is 25.2. The lowest BCUT2D eigenvalue weighted by Crippen LogP contribution is -2.18. The van der Waals surface area contributed by atoms with Crippen LogP contribution in [0.5, 0.6) is 17.2 Å². The first kappa shape index (κ1) is 21.7. The number of esters is 1. The van der Waals surface area contributed by atoms with Crippen molar-refractivity contribution in [2.24, 2.45) is 0 Å². The molecule has 0 N–H and O–H groups in total. The van der Waals surface area contributed by atoms with Gasteiger partial charge in [0.2, 0.25) is 11.5 Å². The second-order valence-corrected chi connectivity index (χ2v) is 7.16. The number of nitrogens with zero attached hydrogens (tertiary/aromatic N) is 1. The molecule has 1 aromatic heterocycles. The first-order valence-corrected chi connectivity index (χ1v) is 9.72. The molecule has 0 unspecified atom stereocenters. The highest BCUT2D eigenvalue weighted by Gasteiger charge is 2.23. The molecule has 1 aliphatic rings. The van der Waals surface area contributed by atoms with E-state index in [0.717, 1.165) is 11.4 Å². The molecule has 0 bridgehead atoms. The number of hydrogen-bond donors (Lipinski definition) is 0. The van der Waals surface area contributed by atoms with Gasteiger partial charge in [0.1, 0.15) is 13.2 Å². The molecule has 0 aliphatic carbocycles. The first-order chi connectivity index (χ1) is 14.4. The smallest absolute Gasteiger partial charge is 0.338 e. The number of hydrogen-bond acceptors (Lipinski definition) is 7. The predicted octanol–water partition coefficient (Wildman–Crippen LogP) is 3.13. The van der Waals surface area contributed by atoms with E-state index in [1.807, 2.05) is 31.4 Å². The zero-order valence-electron chi connectivity index (χ0n) is 17.9. The molecule has 1 aromatic carbocycles. The fourth-order valence-corrected chi connectivity index (χ4v) is 3.74. The molecule has 30 heavy (non-hydrogen) atoms. The standard InChI is InChI=1S/C22H27NO7/c1-13-8-17(15(3)23(13)14(2)11-26-4)18(24)12-30-22(25)16-9-19(27-5)21-20(10-16)28-6-7-29-21/h8-10,14H,6-7,11-12H2,1-5H3/t14-/m1/s1. The maximum absolute atomic E-state index is 12.7. The number of carbonyl (C=O) groups excluding carboxylic acids is 2. The van der Waals surface area contributed by atoms with Crippen molar-refractivity contribution in [1.82, 2.24) is 4.57 Å². The molecule has 0 saturated carbocycles. The highest BCUT2D eigenvalue weighted by molar-refractivity contribution is 6.00. The molecule has 1 aliphatic heterocycles. The van der Waals surface area contributed by atoms with Gasteiger partial charge in [0.25, 0.3) is 0 Å². The largest absolute Gasteiger partial charge is 0.493 e. The summed E-state index contributed by atoms with van der Waals surface area (Å²) in [6.45, 7) is 6.78. The van der Waals surface area contributed by atoms with Crippen LogP contribution in [0, 0.1) is 13.8 Å². The van der Waals surface area contributed by atoms with Crippen LogP contribution in [0.15, 0.2) is 18.2 Å². The van der Waals surface area contributed by atoms with E-state index in [9.17, 15) is 9.59 Å². The summed E-state index contributed by atoms with van der Waals surface area (Å²) >= 11 is 0. The fraction of sp³-hybridized carbons (Fsp3) is 0.455. The second-order valence-electron chi connectivity index (χ2n) is 7.16. The van der Waals surface area contributed by atoms with E-state index in [1.165, 1.54) is 19.2 Å². The minimum absolute atomic E-state index is 0.0873. The van der Waals surface area contributed by atoms with Gasteiger partial charge in [-0.25, -0.2) is 4.79 Å². The van der Waals surface area contributed by atoms with Crippen LogP contribution < -0.4 is 14.2 Å². The van der Waals surface area contributed by atoms with Crippen molar-refractivity contribution in [2.45, 2.75) is 26.8 Å². The molecule has 3 rings (SSSR count). The van der Waals surface area contributed by atoms with Crippen LogP contribution >= 0.6 is 0 Å². The predicted molar refractivity (Wildman–Crippen MR) is 109 cm³/mol. The maximum atomic E-state index is 12.7. The summed E-state index contributed by atoms with van der Waals surface area (Å²) in [6, 6.07) is 4.94. The third kappa shape index (κ3) is 4.28. The topological polar surface area (TPSA) is 85.2 Å². The van der Waals surface area contributed by atoms with Crippen molar-refractivity contribution >= 4 is 11.8 Å². The molecular formula is C22H27NO7. The van der Waals surface area contributed by atoms with E-state index in [1.54, 1.807) is 7.11 Å². The van der Waals surface area contributed by atoms with E-state index in [4.69, 9.17) is 23.7 Å². The van der Waals surface area contributed by atoms with Gasteiger partial charge >= 0.3 is 5.97 Å². The molecule has 2 heterocycles. The highest BCUT2D eigenvalue weighted by Crippen LogP contribution is 2.40. The lowest BCUT2D eigenvalue weighted by Gasteiger charge is -2.21. The van der Waals surface area contributed by atoms with Crippen LogP contribution in [0.3, 0.4) is 0 Å². The van der Waals surface area contributed by atoms with Crippen LogP contribution in [0.4, 0.5) is 0 Å². The Morgan fingerprint density at radius 3 is 2.57 bits per heavy atom. The second kappa shape index (κ2) is 9.21. The van der Waals surface area contributed by atoms with Gasteiger partial charge in [-0.1, -0.05) is 0 Å². The number of Topliss-reactive ketones (excluding diaryl/α,β-unsaturated/α-hetero) is 1. The van der Waals surface area contributed by atoms with Gasteiger partial charge in [-0.15, -0.1) is 0 Å². The molecule has 0 radical (unpaired) electrons. The Kier molecular flexibility index (Phi) is 6.66. The third-order valence-electron chi connectivity index (χ3n) is 5.03. The number of rotatable bonds is 8. The molecule has 162 valence electrons. The van der Waals surface area contributed by atoms with E-state index in [2.05, 4.69) is 0 Å². The van der Waals surface area contributed by atoms with Crippen LogP contribution in [0.2, 0.25) is 0 Å². The SMILES string of the molecule is COC[C@@H](C)n1c(C)cc(C(=O)COC(=O)c2cc(OC)c3c(c2)OCCO3)c1C. The molecule has 8 heteroatoms. The fourth-order valence-electron chi connectivity index (χ4n) is 3.74. The van der Waals surface area contributed by atoms with Gasteiger partial charge in [-0.3, -0.25) is 4.79 Å². The van der Waals surface area contributed by atoms with Crippen LogP contribution in [0.25, 0.3) is 0 Å². The number of aromatic nitrogens is 1. The van der Waals surface area contributed by atoms with Crippen molar-refractivity contribution < 1.29 is 33.3 Å². The Labute approximate surface area is 175 Å². The van der Waals surface area contributed by atoms with E-state index < -0.39 is 5.97 Å². The lowest BCUT2D eigenvalue weighted by molar-refractivity contribution is 0.0473. The van der Waals surface area contributed by atoms with E-state index in [0.29, 0.717) is 42.6 Å². The van der Waals surface area contributed by atoms with Crippen molar-refractivity contribution in [3.63, 3.8) is 0 Å². The summed E-state index contributed by atoms with van der Waals surface area (Å²) in [5.41, 5.74) is 2.52. The first-order valence-electron chi connectivity index (χ1n) is 9.72. The van der Waals surface area contributed by atoms with Crippen molar-refractivity contribution in [3.8, 4) is 17.2 Å². The average molecular weight is 417 g/mol. The summed E-state index contributed by atoms with van der Waals surface area (Å²) in [5, 5.41) is 0. The van der Waals surface area contributed by atoms with Crippen molar-refractivity contribution in [2.75, 3.05) is 40.6 Å². The van der Waals surface area contributed by atoms with Gasteiger partial charge in [0.15, 0.2) is 18.1 Å². The zero-order valence-corrected chi connectivity index (χ0v) is 17.9. The number of ether oxygens (including phenoxy) is 5. The lowest BCUT2D eigenvalue weighted by atomic mass is 10.1. The number of ketones is 1. The molecule has 2 aromatic rings. The Morgan fingerprint density at radius 1 is 1.13 bits per heavy atom. The monoisotopic (exact) mass is 417 g/mol. The molecule has 1 atom stereocenters. The summed E-state index contributed by atoms with van der Waals surface area (Å²) in [5.74, 6) is 0.335. The number of fused-ring (bicyclic) bond motifs is 1. The average Bonchev–Trinajstić information content (AvgIpc) is 3.05. The Morgan fingerprint density at radius 2 is 1.87 bits per heavy atom. The number of aryl methyl sites for hydroxylation is 1. The van der Waals surface area contributed by atoms with Gasteiger partial charge in [-0.05, 0) is 39.0 Å². The van der Waals surface area contributed by atoms with Crippen molar-refractivity contribution in [3.05, 3.63) is 40.7 Å². The van der Waals surface area contributed by atoms with E-state index in [-0.39, 0.29) is 24.0 Å². The third-order valence-corrected chi connectivity index (χ3v) is 5.03. The number of methoxy groups -OCH3 is 2. The van der Waals surface area contributed by atoms with Gasteiger partial charge in [-0.2, -0.15) is 0 Å². The Hall–Kier alpha value is -3.00. The maximum Gasteiger partial charge on any atom is 0.338 e. The molecule has 0 saturated heterocycles. The Balaban J connectivity index is 1.72. The minimum Gasteiger partial charge on any atom is -0.493 e. The minimum atomic E-state index is -0.639. The zero-order chi connectivity index (χ0) is 21.8. The molecule has 0 amide bonds. The quantitative estimate of drug-likeness (QED) is 0.482. The van der Waals surface area contributed by atoms with Crippen molar-refractivity contribution in [1.29, 1.82) is 0 Å². The van der Waals surface area contributed by atoms with Gasteiger partial charge in [0, 0.05) is 24.1 Å². The molecular weight excluding hydrogens is 390 g/mol. The summed E-state index contributed by atoms with van der Waals surface area (Å²) in [6.07, 6.45) is 0. The van der Waals surface area contributed by atoms with E-state index >= 15 is 0 Å².